The summed E-state index contributed by atoms with van der Waals surface area (Å²) in [5.41, 5.74) is 3.00. The normalized spacial score (nSPS) is 18.0. The third-order valence-electron chi connectivity index (χ3n) is 5.94. The van der Waals surface area contributed by atoms with E-state index in [0.717, 1.165) is 22.2 Å². The molecule has 1 heterocycles. The summed E-state index contributed by atoms with van der Waals surface area (Å²) in [5, 5.41) is 3.04. The summed E-state index contributed by atoms with van der Waals surface area (Å²) in [6.07, 6.45) is 0. The number of amides is 1. The standard InChI is InChI=1S/C24H32BNO3/c1-22(2,3)20-11-9-8-10-19(20)21(27)26-16-17-12-14-18(15-13-17)25-28-23(4,5)24(6,7)29-25/h8-15H,16H2,1-7H3,(H,26,27). The molecule has 1 saturated heterocycles. The lowest BCUT2D eigenvalue weighted by Gasteiger charge is -2.32. The van der Waals surface area contributed by atoms with Crippen molar-refractivity contribution in [1.82, 2.24) is 5.32 Å². The lowest BCUT2D eigenvalue weighted by molar-refractivity contribution is 0.00578. The Balaban J connectivity index is 1.66. The van der Waals surface area contributed by atoms with Crippen LogP contribution in [0, 0.1) is 0 Å². The van der Waals surface area contributed by atoms with E-state index in [4.69, 9.17) is 9.31 Å². The molecule has 29 heavy (non-hydrogen) atoms. The van der Waals surface area contributed by atoms with Crippen molar-refractivity contribution in [3.05, 3.63) is 65.2 Å². The molecule has 1 aliphatic rings. The molecule has 2 aromatic rings. The summed E-state index contributed by atoms with van der Waals surface area (Å²) in [5.74, 6) is -0.0504. The van der Waals surface area contributed by atoms with Gasteiger partial charge in [-0.25, -0.2) is 0 Å². The van der Waals surface area contributed by atoms with Crippen LogP contribution >= 0.6 is 0 Å². The molecule has 1 N–H and O–H groups in total. The van der Waals surface area contributed by atoms with Gasteiger partial charge in [-0.3, -0.25) is 4.79 Å². The first kappa shape index (κ1) is 21.6. The van der Waals surface area contributed by atoms with Gasteiger partial charge >= 0.3 is 7.12 Å². The Morgan fingerprint density at radius 1 is 0.931 bits per heavy atom. The molecule has 1 amide bonds. The van der Waals surface area contributed by atoms with Gasteiger partial charge in [0, 0.05) is 12.1 Å². The highest BCUT2D eigenvalue weighted by atomic mass is 16.7. The molecule has 0 unspecified atom stereocenters. The van der Waals surface area contributed by atoms with Gasteiger partial charge in [-0.2, -0.15) is 0 Å². The van der Waals surface area contributed by atoms with Gasteiger partial charge in [0.1, 0.15) is 0 Å². The number of nitrogens with one attached hydrogen (secondary N) is 1. The zero-order chi connectivity index (χ0) is 21.4. The molecule has 2 aromatic carbocycles. The lowest BCUT2D eigenvalue weighted by atomic mass is 9.79. The maximum absolute atomic E-state index is 12.8. The number of carbonyl (C=O) groups excluding carboxylic acids is 1. The molecule has 0 aliphatic carbocycles. The SMILES string of the molecule is CC(C)(C)c1ccccc1C(=O)NCc1ccc(B2OC(C)(C)C(C)(C)O2)cc1. The topological polar surface area (TPSA) is 47.6 Å². The van der Waals surface area contributed by atoms with Crippen LogP contribution in [0.5, 0.6) is 0 Å². The average molecular weight is 393 g/mol. The Bertz CT molecular complexity index is 866. The van der Waals surface area contributed by atoms with Gasteiger partial charge in [-0.05, 0) is 55.8 Å². The largest absolute Gasteiger partial charge is 0.494 e. The van der Waals surface area contributed by atoms with E-state index in [-0.39, 0.29) is 29.6 Å². The van der Waals surface area contributed by atoms with Crippen LogP contribution in [0.15, 0.2) is 48.5 Å². The van der Waals surface area contributed by atoms with E-state index < -0.39 is 0 Å². The Morgan fingerprint density at radius 2 is 1.48 bits per heavy atom. The summed E-state index contributed by atoms with van der Waals surface area (Å²) in [7, 11) is -0.373. The van der Waals surface area contributed by atoms with E-state index in [2.05, 4.69) is 26.1 Å². The second-order valence-electron chi connectivity index (χ2n) is 9.81. The molecule has 0 atom stereocenters. The first-order chi connectivity index (χ1) is 13.4. The van der Waals surface area contributed by atoms with Crippen molar-refractivity contribution in [3.63, 3.8) is 0 Å². The molecule has 0 radical (unpaired) electrons. The molecule has 1 aliphatic heterocycles. The number of hydrogen-bond donors (Lipinski definition) is 1. The zero-order valence-electron chi connectivity index (χ0n) is 18.6. The quantitative estimate of drug-likeness (QED) is 0.792. The molecule has 5 heteroatoms. The maximum atomic E-state index is 12.8. The fraction of sp³-hybridized carbons (Fsp3) is 0.458. The van der Waals surface area contributed by atoms with Crippen LogP contribution in [0.25, 0.3) is 0 Å². The number of carbonyl (C=O) groups is 1. The third kappa shape index (κ3) is 4.57. The van der Waals surface area contributed by atoms with Gasteiger partial charge in [-0.1, -0.05) is 63.2 Å². The molecule has 0 saturated carbocycles. The van der Waals surface area contributed by atoms with Crippen LogP contribution in [0.3, 0.4) is 0 Å². The Labute approximate surface area is 175 Å². The van der Waals surface area contributed by atoms with Crippen molar-refractivity contribution in [2.45, 2.75) is 71.6 Å². The number of rotatable bonds is 4. The minimum Gasteiger partial charge on any atom is -0.399 e. The van der Waals surface area contributed by atoms with Gasteiger partial charge in [0.15, 0.2) is 0 Å². The predicted octanol–water partition coefficient (Wildman–Crippen LogP) is 4.21. The van der Waals surface area contributed by atoms with E-state index in [1.165, 1.54) is 0 Å². The molecule has 0 aromatic heterocycles. The monoisotopic (exact) mass is 393 g/mol. The second kappa shape index (κ2) is 7.62. The Kier molecular flexibility index (Phi) is 5.68. The van der Waals surface area contributed by atoms with Gasteiger partial charge in [0.2, 0.25) is 0 Å². The predicted molar refractivity (Wildman–Crippen MR) is 118 cm³/mol. The molecule has 154 valence electrons. The fourth-order valence-electron chi connectivity index (χ4n) is 3.38. The van der Waals surface area contributed by atoms with Gasteiger partial charge in [-0.15, -0.1) is 0 Å². The molecular weight excluding hydrogens is 361 g/mol. The smallest absolute Gasteiger partial charge is 0.399 e. The van der Waals surface area contributed by atoms with Crippen molar-refractivity contribution in [2.24, 2.45) is 0 Å². The third-order valence-corrected chi connectivity index (χ3v) is 5.94. The van der Waals surface area contributed by atoms with Crippen molar-refractivity contribution < 1.29 is 14.1 Å². The van der Waals surface area contributed by atoms with E-state index >= 15 is 0 Å². The van der Waals surface area contributed by atoms with E-state index in [1.807, 2.05) is 76.2 Å². The number of benzene rings is 2. The first-order valence-electron chi connectivity index (χ1n) is 10.2. The van der Waals surface area contributed by atoms with Crippen molar-refractivity contribution in [3.8, 4) is 0 Å². The second-order valence-corrected chi connectivity index (χ2v) is 9.81. The molecule has 0 bridgehead atoms. The highest BCUT2D eigenvalue weighted by Crippen LogP contribution is 2.36. The molecule has 4 nitrogen and oxygen atoms in total. The summed E-state index contributed by atoms with van der Waals surface area (Å²) >= 11 is 0. The van der Waals surface area contributed by atoms with Crippen LogP contribution in [0.1, 0.15) is 70.0 Å². The van der Waals surface area contributed by atoms with Crippen LogP contribution < -0.4 is 10.8 Å². The van der Waals surface area contributed by atoms with Crippen molar-refractivity contribution >= 4 is 18.5 Å². The average Bonchev–Trinajstić information content (AvgIpc) is 2.87. The van der Waals surface area contributed by atoms with E-state index in [9.17, 15) is 4.79 Å². The highest BCUT2D eigenvalue weighted by molar-refractivity contribution is 6.62. The van der Waals surface area contributed by atoms with Gasteiger partial charge in [0.05, 0.1) is 11.2 Å². The van der Waals surface area contributed by atoms with E-state index in [1.54, 1.807) is 0 Å². The summed E-state index contributed by atoms with van der Waals surface area (Å²) in [6.45, 7) is 15.0. The minimum absolute atomic E-state index is 0.0504. The molecular formula is C24H32BNO3. The summed E-state index contributed by atoms with van der Waals surface area (Å²) in [4.78, 5) is 12.8. The lowest BCUT2D eigenvalue weighted by Crippen LogP contribution is -2.41. The van der Waals surface area contributed by atoms with Crippen LogP contribution in [0.2, 0.25) is 0 Å². The highest BCUT2D eigenvalue weighted by Gasteiger charge is 2.51. The van der Waals surface area contributed by atoms with Gasteiger partial charge < -0.3 is 14.6 Å². The number of hydrogen-bond acceptors (Lipinski definition) is 3. The first-order valence-corrected chi connectivity index (χ1v) is 10.2. The minimum atomic E-state index is -0.373. The van der Waals surface area contributed by atoms with Crippen LogP contribution in [-0.2, 0) is 21.3 Å². The zero-order valence-corrected chi connectivity index (χ0v) is 18.6. The van der Waals surface area contributed by atoms with E-state index in [0.29, 0.717) is 6.54 Å². The van der Waals surface area contributed by atoms with Crippen LogP contribution in [0.4, 0.5) is 0 Å². The fourth-order valence-corrected chi connectivity index (χ4v) is 3.38. The van der Waals surface area contributed by atoms with Crippen LogP contribution in [-0.4, -0.2) is 24.2 Å². The molecule has 1 fully saturated rings. The van der Waals surface area contributed by atoms with Crippen molar-refractivity contribution in [1.29, 1.82) is 0 Å². The molecule has 3 rings (SSSR count). The van der Waals surface area contributed by atoms with Crippen molar-refractivity contribution in [2.75, 3.05) is 0 Å². The summed E-state index contributed by atoms with van der Waals surface area (Å²) < 4.78 is 12.2. The molecule has 0 spiro atoms. The Hall–Kier alpha value is -2.11. The Morgan fingerprint density at radius 3 is 2.03 bits per heavy atom. The maximum Gasteiger partial charge on any atom is 0.494 e. The van der Waals surface area contributed by atoms with Gasteiger partial charge in [0.25, 0.3) is 5.91 Å². The summed E-state index contributed by atoms with van der Waals surface area (Å²) in [6, 6.07) is 15.8.